The summed E-state index contributed by atoms with van der Waals surface area (Å²) in [5, 5.41) is 18.9. The molecule has 0 fully saturated rings. The number of nitro groups is 1. The molecule has 2 rings (SSSR count). The summed E-state index contributed by atoms with van der Waals surface area (Å²) >= 11 is 1.55. The van der Waals surface area contributed by atoms with Crippen LogP contribution in [0.2, 0.25) is 0 Å². The largest absolute Gasteiger partial charge is 0.383 e. The van der Waals surface area contributed by atoms with Gasteiger partial charge in [0.15, 0.2) is 0 Å². The third kappa shape index (κ3) is 4.53. The number of carbonyl (C=O) groups excluding carboxylic acids is 1. The molecule has 8 heteroatoms. The van der Waals surface area contributed by atoms with Crippen LogP contribution in [-0.2, 0) is 4.74 Å². The van der Waals surface area contributed by atoms with Crippen LogP contribution in [0.25, 0.3) is 0 Å². The maximum atomic E-state index is 12.3. The van der Waals surface area contributed by atoms with E-state index in [4.69, 9.17) is 4.74 Å². The number of amides is 1. The summed E-state index contributed by atoms with van der Waals surface area (Å²) in [5.74, 6) is -0.345. The highest BCUT2D eigenvalue weighted by atomic mass is 32.1. The number of thiophene rings is 1. The van der Waals surface area contributed by atoms with Crippen LogP contribution in [0.5, 0.6) is 0 Å². The number of hydrogen-bond acceptors (Lipinski definition) is 6. The van der Waals surface area contributed by atoms with E-state index in [1.165, 1.54) is 6.07 Å². The summed E-state index contributed by atoms with van der Waals surface area (Å²) in [4.78, 5) is 24.1. The molecule has 0 saturated heterocycles. The number of hydrogen-bond donors (Lipinski definition) is 2. The quantitative estimate of drug-likeness (QED) is 0.434. The monoisotopic (exact) mass is 349 g/mol. The van der Waals surface area contributed by atoms with Gasteiger partial charge in [0.25, 0.3) is 11.6 Å². The van der Waals surface area contributed by atoms with Gasteiger partial charge in [0.1, 0.15) is 5.69 Å². The molecule has 1 aromatic carbocycles. The summed E-state index contributed by atoms with van der Waals surface area (Å²) in [7, 11) is 1.55. The molecule has 0 unspecified atom stereocenters. The molecule has 0 aliphatic carbocycles. The molecule has 1 aromatic heterocycles. The fourth-order valence-electron chi connectivity index (χ4n) is 2.15. The Morgan fingerprint density at radius 2 is 2.21 bits per heavy atom. The van der Waals surface area contributed by atoms with Crippen LogP contribution in [0.1, 0.15) is 28.2 Å². The van der Waals surface area contributed by atoms with Crippen molar-refractivity contribution in [2.75, 3.05) is 25.6 Å². The Balaban J connectivity index is 2.13. The summed E-state index contributed by atoms with van der Waals surface area (Å²) < 4.78 is 4.91. The number of nitro benzene ring substituents is 1. The number of rotatable bonds is 8. The lowest BCUT2D eigenvalue weighted by Crippen LogP contribution is -2.26. The minimum absolute atomic E-state index is 0.137. The van der Waals surface area contributed by atoms with Crippen molar-refractivity contribution in [3.63, 3.8) is 0 Å². The van der Waals surface area contributed by atoms with Gasteiger partial charge in [-0.2, -0.15) is 0 Å². The number of nitrogens with one attached hydrogen (secondary N) is 2. The van der Waals surface area contributed by atoms with Crippen molar-refractivity contribution in [3.8, 4) is 0 Å². The van der Waals surface area contributed by atoms with Gasteiger partial charge in [-0.05, 0) is 30.5 Å². The van der Waals surface area contributed by atoms with Crippen LogP contribution < -0.4 is 10.6 Å². The number of nitrogens with zero attached hydrogens (tertiary/aromatic N) is 1. The van der Waals surface area contributed by atoms with E-state index in [-0.39, 0.29) is 23.2 Å². The molecule has 1 heterocycles. The van der Waals surface area contributed by atoms with Gasteiger partial charge in [0, 0.05) is 30.2 Å². The average molecular weight is 349 g/mol. The van der Waals surface area contributed by atoms with E-state index >= 15 is 0 Å². The van der Waals surface area contributed by atoms with E-state index in [2.05, 4.69) is 10.6 Å². The molecule has 0 aliphatic heterocycles. The molecular formula is C16H19N3O4S. The van der Waals surface area contributed by atoms with Crippen molar-refractivity contribution in [1.29, 1.82) is 0 Å². The second kappa shape index (κ2) is 8.42. The van der Waals surface area contributed by atoms with Crippen molar-refractivity contribution in [1.82, 2.24) is 5.32 Å². The predicted molar refractivity (Wildman–Crippen MR) is 93.7 cm³/mol. The predicted octanol–water partition coefficient (Wildman–Crippen LogP) is 3.21. The first-order valence-corrected chi connectivity index (χ1v) is 8.26. The van der Waals surface area contributed by atoms with Gasteiger partial charge in [0.05, 0.1) is 17.6 Å². The van der Waals surface area contributed by atoms with Crippen LogP contribution in [0.4, 0.5) is 11.4 Å². The molecule has 7 nitrogen and oxygen atoms in total. The maximum absolute atomic E-state index is 12.3. The Morgan fingerprint density at radius 1 is 1.42 bits per heavy atom. The smallest absolute Gasteiger partial charge is 0.293 e. The molecule has 0 aliphatic rings. The first kappa shape index (κ1) is 17.9. The van der Waals surface area contributed by atoms with Crippen molar-refractivity contribution in [3.05, 3.63) is 56.3 Å². The van der Waals surface area contributed by atoms with E-state index in [0.29, 0.717) is 18.8 Å². The van der Waals surface area contributed by atoms with Gasteiger partial charge in [0.2, 0.25) is 0 Å². The molecule has 1 atom stereocenters. The molecule has 2 N–H and O–H groups in total. The SMILES string of the molecule is COCCNc1ccc(C(=O)N[C@@H](C)c2cccs2)cc1[N+](=O)[O-]. The van der Waals surface area contributed by atoms with E-state index in [0.717, 1.165) is 4.88 Å². The zero-order valence-electron chi connectivity index (χ0n) is 13.4. The highest BCUT2D eigenvalue weighted by Crippen LogP contribution is 2.26. The Hall–Kier alpha value is -2.45. The van der Waals surface area contributed by atoms with Crippen LogP contribution >= 0.6 is 11.3 Å². The van der Waals surface area contributed by atoms with Crippen LogP contribution in [0.15, 0.2) is 35.7 Å². The zero-order chi connectivity index (χ0) is 17.5. The number of anilines is 1. The molecule has 0 radical (unpaired) electrons. The zero-order valence-corrected chi connectivity index (χ0v) is 14.3. The van der Waals surface area contributed by atoms with E-state index in [1.54, 1.807) is 30.6 Å². The summed E-state index contributed by atoms with van der Waals surface area (Å²) in [6.45, 7) is 2.74. The van der Waals surface area contributed by atoms with Gasteiger partial charge < -0.3 is 15.4 Å². The van der Waals surface area contributed by atoms with Crippen LogP contribution in [0.3, 0.4) is 0 Å². The van der Waals surface area contributed by atoms with Gasteiger partial charge in [-0.25, -0.2) is 0 Å². The highest BCUT2D eigenvalue weighted by molar-refractivity contribution is 7.10. The van der Waals surface area contributed by atoms with Crippen molar-refractivity contribution in [2.24, 2.45) is 0 Å². The van der Waals surface area contributed by atoms with Gasteiger partial charge in [-0.1, -0.05) is 6.07 Å². The lowest BCUT2D eigenvalue weighted by atomic mass is 10.1. The van der Waals surface area contributed by atoms with Gasteiger partial charge in [-0.3, -0.25) is 14.9 Å². The lowest BCUT2D eigenvalue weighted by molar-refractivity contribution is -0.384. The van der Waals surface area contributed by atoms with Crippen molar-refractivity contribution in [2.45, 2.75) is 13.0 Å². The molecule has 0 bridgehead atoms. The topological polar surface area (TPSA) is 93.5 Å². The number of ether oxygens (including phenoxy) is 1. The molecule has 24 heavy (non-hydrogen) atoms. The third-order valence-corrected chi connectivity index (χ3v) is 4.45. The van der Waals surface area contributed by atoms with Gasteiger partial charge in [-0.15, -0.1) is 11.3 Å². The summed E-state index contributed by atoms with van der Waals surface area (Å²) in [6, 6.07) is 8.08. The van der Waals surface area contributed by atoms with Crippen molar-refractivity contribution < 1.29 is 14.5 Å². The Kier molecular flexibility index (Phi) is 6.28. The average Bonchev–Trinajstić information content (AvgIpc) is 3.09. The number of methoxy groups -OCH3 is 1. The van der Waals surface area contributed by atoms with Gasteiger partial charge >= 0.3 is 0 Å². The minimum Gasteiger partial charge on any atom is -0.383 e. The molecule has 2 aromatic rings. The van der Waals surface area contributed by atoms with E-state index in [1.807, 2.05) is 24.4 Å². The van der Waals surface area contributed by atoms with E-state index in [9.17, 15) is 14.9 Å². The lowest BCUT2D eigenvalue weighted by Gasteiger charge is -2.13. The Morgan fingerprint density at radius 3 is 2.83 bits per heavy atom. The number of carbonyl (C=O) groups is 1. The first-order valence-electron chi connectivity index (χ1n) is 7.38. The summed E-state index contributed by atoms with van der Waals surface area (Å²) in [6.07, 6.45) is 0. The van der Waals surface area contributed by atoms with E-state index < -0.39 is 4.92 Å². The number of benzene rings is 1. The normalized spacial score (nSPS) is 11.8. The third-order valence-electron chi connectivity index (χ3n) is 3.40. The van der Waals surface area contributed by atoms with Crippen LogP contribution in [-0.4, -0.2) is 31.1 Å². The second-order valence-electron chi connectivity index (χ2n) is 5.12. The van der Waals surface area contributed by atoms with Crippen molar-refractivity contribution >= 4 is 28.6 Å². The fraction of sp³-hybridized carbons (Fsp3) is 0.312. The molecule has 0 saturated carbocycles. The maximum Gasteiger partial charge on any atom is 0.293 e. The minimum atomic E-state index is -0.505. The molecule has 128 valence electrons. The second-order valence-corrected chi connectivity index (χ2v) is 6.10. The molecular weight excluding hydrogens is 330 g/mol. The Labute approximate surface area is 143 Å². The fourth-order valence-corrected chi connectivity index (χ4v) is 2.88. The molecule has 1 amide bonds. The highest BCUT2D eigenvalue weighted by Gasteiger charge is 2.19. The standard InChI is InChI=1S/C16H19N3O4S/c1-11(15-4-3-9-24-15)18-16(20)12-5-6-13(17-7-8-23-2)14(10-12)19(21)22/h3-6,9-11,17H,7-8H2,1-2H3,(H,18,20)/t11-/m0/s1. The van der Waals surface area contributed by atoms with Crippen LogP contribution in [0, 0.1) is 10.1 Å². The Bertz CT molecular complexity index is 703. The first-order chi connectivity index (χ1) is 11.5. The summed E-state index contributed by atoms with van der Waals surface area (Å²) in [5.41, 5.74) is 0.477. The molecule has 0 spiro atoms.